The second kappa shape index (κ2) is 21.2. The van der Waals surface area contributed by atoms with E-state index in [0.717, 1.165) is 12.8 Å². The van der Waals surface area contributed by atoms with Crippen molar-refractivity contribution >= 4 is 9.47 Å². The van der Waals surface area contributed by atoms with E-state index in [2.05, 4.69) is 22.5 Å². The fourth-order valence-electron chi connectivity index (χ4n) is 4.24. The number of aliphatic hydroxyl groups is 1. The Bertz CT molecular complexity index is 632. The average molecular weight is 478 g/mol. The summed E-state index contributed by atoms with van der Waals surface area (Å²) < 4.78 is 11.0. The predicted molar refractivity (Wildman–Crippen MR) is 142 cm³/mol. The van der Waals surface area contributed by atoms with E-state index < -0.39 is 0 Å². The predicted octanol–water partition coefficient (Wildman–Crippen LogP) is 8.51. The quantitative estimate of drug-likeness (QED) is 0.134. The molecule has 1 aromatic rings. The molecule has 0 aliphatic carbocycles. The van der Waals surface area contributed by atoms with Crippen LogP contribution in [0.4, 0.5) is 0 Å². The Morgan fingerprint density at radius 2 is 1.30 bits per heavy atom. The third-order valence-corrected chi connectivity index (χ3v) is 6.59. The van der Waals surface area contributed by atoms with Crippen LogP contribution in [0.15, 0.2) is 18.2 Å². The molecule has 4 nitrogen and oxygen atoms in total. The van der Waals surface area contributed by atoms with Crippen LogP contribution in [-0.2, 0) is 0 Å². The minimum Gasteiger partial charge on any atom is -0.488 e. The summed E-state index contributed by atoms with van der Waals surface area (Å²) in [4.78, 5) is 0. The van der Waals surface area contributed by atoms with Gasteiger partial charge in [-0.1, -0.05) is 110 Å². The number of benzene rings is 1. The monoisotopic (exact) mass is 477 g/mol. The summed E-state index contributed by atoms with van der Waals surface area (Å²) >= 11 is 0. The maximum absolute atomic E-state index is 9.64. The second-order valence-electron chi connectivity index (χ2n) is 9.26. The van der Waals surface area contributed by atoms with Crippen LogP contribution < -0.4 is 9.26 Å². The molecule has 2 atom stereocenters. The number of nitriles is 1. The van der Waals surface area contributed by atoms with Crippen LogP contribution in [-0.4, -0.2) is 17.8 Å². The van der Waals surface area contributed by atoms with E-state index in [1.54, 1.807) is 18.2 Å². The van der Waals surface area contributed by atoms with Gasteiger partial charge in [0.15, 0.2) is 0 Å². The van der Waals surface area contributed by atoms with Crippen molar-refractivity contribution in [3.63, 3.8) is 0 Å². The maximum Gasteiger partial charge on any atom is 0.143 e. The normalized spacial score (nSPS) is 11.8. The summed E-state index contributed by atoms with van der Waals surface area (Å²) in [6, 6.07) is 7.21. The Morgan fingerprint density at radius 3 is 1.73 bits per heavy atom. The molecule has 0 bridgehead atoms. The van der Waals surface area contributed by atoms with Crippen LogP contribution in [0.1, 0.15) is 128 Å². The first-order chi connectivity index (χ1) is 16.2. The van der Waals surface area contributed by atoms with Crippen LogP contribution in [0.3, 0.4) is 0 Å². The SMILES string of the molecule is CCCCCCCCCCCCCCCCCCC[C@H](CO)Oc1ccc(C#N)c(OP)c1. The minimum absolute atomic E-state index is 0.00404. The van der Waals surface area contributed by atoms with Crippen molar-refractivity contribution in [2.75, 3.05) is 6.61 Å². The van der Waals surface area contributed by atoms with E-state index >= 15 is 0 Å². The molecule has 0 heterocycles. The van der Waals surface area contributed by atoms with E-state index in [4.69, 9.17) is 14.5 Å². The van der Waals surface area contributed by atoms with Gasteiger partial charge in [0.2, 0.25) is 0 Å². The van der Waals surface area contributed by atoms with Crippen LogP contribution in [0.25, 0.3) is 0 Å². The van der Waals surface area contributed by atoms with E-state index in [1.165, 1.54) is 103 Å². The number of rotatable bonds is 22. The van der Waals surface area contributed by atoms with Gasteiger partial charge in [-0.05, 0) is 25.0 Å². The lowest BCUT2D eigenvalue weighted by molar-refractivity contribution is 0.106. The lowest BCUT2D eigenvalue weighted by Gasteiger charge is -2.17. The highest BCUT2D eigenvalue weighted by Gasteiger charge is 2.11. The maximum atomic E-state index is 9.64. The lowest BCUT2D eigenvalue weighted by Crippen LogP contribution is -2.21. The number of hydrogen-bond donors (Lipinski definition) is 1. The van der Waals surface area contributed by atoms with Gasteiger partial charge in [-0.25, -0.2) is 0 Å². The van der Waals surface area contributed by atoms with Gasteiger partial charge < -0.3 is 14.4 Å². The molecule has 33 heavy (non-hydrogen) atoms. The molecule has 5 heteroatoms. The highest BCUT2D eigenvalue weighted by Crippen LogP contribution is 2.27. The van der Waals surface area contributed by atoms with E-state index in [-0.39, 0.29) is 12.7 Å². The molecule has 1 unspecified atom stereocenters. The van der Waals surface area contributed by atoms with Crippen LogP contribution in [0.5, 0.6) is 11.5 Å². The molecule has 0 aliphatic rings. The van der Waals surface area contributed by atoms with Gasteiger partial charge in [0.1, 0.15) is 23.7 Å². The smallest absolute Gasteiger partial charge is 0.143 e. The molecule has 0 fully saturated rings. The summed E-state index contributed by atoms with van der Waals surface area (Å²) in [6.45, 7) is 2.28. The zero-order valence-corrected chi connectivity index (χ0v) is 22.2. The zero-order valence-electron chi connectivity index (χ0n) is 21.0. The summed E-state index contributed by atoms with van der Waals surface area (Å²) in [6.07, 6.45) is 23.7. The molecule has 0 saturated carbocycles. The fraction of sp³-hybridized carbons (Fsp3) is 0.750. The van der Waals surface area contributed by atoms with Gasteiger partial charge in [0.05, 0.1) is 21.6 Å². The minimum atomic E-state index is -0.216. The Hall–Kier alpha value is -1.30. The van der Waals surface area contributed by atoms with Crippen molar-refractivity contribution in [3.05, 3.63) is 23.8 Å². The van der Waals surface area contributed by atoms with Crippen molar-refractivity contribution < 1.29 is 14.4 Å². The van der Waals surface area contributed by atoms with Crippen LogP contribution in [0.2, 0.25) is 0 Å². The Kier molecular flexibility index (Phi) is 19.1. The van der Waals surface area contributed by atoms with Crippen LogP contribution in [0, 0.1) is 11.3 Å². The van der Waals surface area contributed by atoms with Crippen molar-refractivity contribution in [1.82, 2.24) is 0 Å². The fourth-order valence-corrected chi connectivity index (χ4v) is 4.44. The van der Waals surface area contributed by atoms with Gasteiger partial charge >= 0.3 is 0 Å². The zero-order chi connectivity index (χ0) is 24.0. The number of aliphatic hydroxyl groups excluding tert-OH is 1. The molecule has 1 aromatic carbocycles. The van der Waals surface area contributed by atoms with Crippen LogP contribution >= 0.6 is 9.47 Å². The Morgan fingerprint density at radius 1 is 0.818 bits per heavy atom. The largest absolute Gasteiger partial charge is 0.488 e. The molecule has 0 spiro atoms. The summed E-state index contributed by atoms with van der Waals surface area (Å²) in [5.74, 6) is 1.09. The van der Waals surface area contributed by atoms with E-state index in [0.29, 0.717) is 17.1 Å². The molecule has 0 aliphatic heterocycles. The van der Waals surface area contributed by atoms with Gasteiger partial charge in [-0.2, -0.15) is 5.26 Å². The first-order valence-corrected chi connectivity index (χ1v) is 13.9. The molecule has 188 valence electrons. The summed E-state index contributed by atoms with van der Waals surface area (Å²) in [5, 5.41) is 18.7. The van der Waals surface area contributed by atoms with Crippen molar-refractivity contribution in [2.24, 2.45) is 0 Å². The standard InChI is InChI=1S/C28H48NO3P/c1-2-3-4-5-6-7-8-9-10-11-12-13-14-15-16-17-18-19-27(24-30)31-26-21-20-25(23-29)28(22-26)32-33/h20-22,27,30H,2-19,24,33H2,1H3/t27-/m1/s1. The molecule has 1 rings (SSSR count). The van der Waals surface area contributed by atoms with Gasteiger partial charge in [-0.15, -0.1) is 0 Å². The first kappa shape index (κ1) is 29.7. The number of unbranched alkanes of at least 4 members (excludes halogenated alkanes) is 16. The van der Waals surface area contributed by atoms with Gasteiger partial charge in [0, 0.05) is 6.07 Å². The summed E-state index contributed by atoms with van der Waals surface area (Å²) in [7, 11) is 2.15. The lowest BCUT2D eigenvalue weighted by atomic mass is 10.0. The molecule has 0 saturated heterocycles. The number of hydrogen-bond acceptors (Lipinski definition) is 4. The second-order valence-corrected chi connectivity index (χ2v) is 9.49. The average Bonchev–Trinajstić information content (AvgIpc) is 2.84. The Balaban J connectivity index is 1.96. The topological polar surface area (TPSA) is 62.5 Å². The molecule has 0 aromatic heterocycles. The highest BCUT2D eigenvalue weighted by atomic mass is 31.0. The third kappa shape index (κ3) is 15.3. The molecule has 1 N–H and O–H groups in total. The van der Waals surface area contributed by atoms with E-state index in [1.807, 2.05) is 0 Å². The number of ether oxygens (including phenoxy) is 1. The third-order valence-electron chi connectivity index (χ3n) is 6.34. The van der Waals surface area contributed by atoms with E-state index in [9.17, 15) is 5.11 Å². The van der Waals surface area contributed by atoms with Gasteiger partial charge in [0.25, 0.3) is 0 Å². The van der Waals surface area contributed by atoms with Gasteiger partial charge in [-0.3, -0.25) is 0 Å². The van der Waals surface area contributed by atoms with Crippen molar-refractivity contribution in [3.8, 4) is 17.6 Å². The molecule has 0 radical (unpaired) electrons. The molecule has 0 amide bonds. The highest BCUT2D eigenvalue weighted by molar-refractivity contribution is 7.10. The molecular formula is C28H48NO3P. The first-order valence-electron chi connectivity index (χ1n) is 13.4. The number of nitrogens with zero attached hydrogens (tertiary/aromatic N) is 1. The van der Waals surface area contributed by atoms with Crippen molar-refractivity contribution in [1.29, 1.82) is 5.26 Å². The summed E-state index contributed by atoms with van der Waals surface area (Å²) in [5.41, 5.74) is 0.464. The Labute approximate surface area is 205 Å². The van der Waals surface area contributed by atoms with Crippen molar-refractivity contribution in [2.45, 2.75) is 129 Å². The molecular weight excluding hydrogens is 429 g/mol.